The summed E-state index contributed by atoms with van der Waals surface area (Å²) in [7, 11) is 1.60. The van der Waals surface area contributed by atoms with E-state index in [1.807, 2.05) is 25.1 Å². The van der Waals surface area contributed by atoms with Gasteiger partial charge in [-0.3, -0.25) is 4.79 Å². The third-order valence-corrected chi connectivity index (χ3v) is 3.74. The topological polar surface area (TPSA) is 47.6 Å². The van der Waals surface area contributed by atoms with Crippen molar-refractivity contribution in [3.63, 3.8) is 0 Å². The number of carbonyl (C=O) groups is 1. The van der Waals surface area contributed by atoms with Crippen LogP contribution < -0.4 is 14.8 Å². The van der Waals surface area contributed by atoms with Crippen LogP contribution in [0, 0.1) is 0 Å². The molecular formula is C20H25NO3. The minimum Gasteiger partial charge on any atom is -0.495 e. The van der Waals surface area contributed by atoms with Gasteiger partial charge in [0.25, 0.3) is 5.91 Å². The summed E-state index contributed by atoms with van der Waals surface area (Å²) < 4.78 is 10.8. The van der Waals surface area contributed by atoms with Crippen LogP contribution in [-0.4, -0.2) is 19.6 Å². The van der Waals surface area contributed by atoms with Crippen molar-refractivity contribution in [1.82, 2.24) is 0 Å². The lowest BCUT2D eigenvalue weighted by Gasteiger charge is -2.21. The molecule has 4 nitrogen and oxygen atoms in total. The Bertz CT molecular complexity index is 700. The van der Waals surface area contributed by atoms with Crippen molar-refractivity contribution < 1.29 is 14.3 Å². The van der Waals surface area contributed by atoms with E-state index in [4.69, 9.17) is 9.47 Å². The molecule has 0 saturated heterocycles. The first-order chi connectivity index (χ1) is 11.3. The number of hydrogen-bond acceptors (Lipinski definition) is 3. The molecule has 128 valence electrons. The highest BCUT2D eigenvalue weighted by Crippen LogP contribution is 2.31. The lowest BCUT2D eigenvalue weighted by atomic mass is 9.87. The molecule has 0 aliphatic rings. The molecule has 24 heavy (non-hydrogen) atoms. The number of nitrogens with one attached hydrogen (secondary N) is 1. The van der Waals surface area contributed by atoms with Gasteiger partial charge in [-0.05, 0) is 54.3 Å². The summed E-state index contributed by atoms with van der Waals surface area (Å²) in [5, 5.41) is 2.94. The second-order valence-electron chi connectivity index (χ2n) is 6.58. The summed E-state index contributed by atoms with van der Waals surface area (Å²) in [6.07, 6.45) is 0. The van der Waals surface area contributed by atoms with E-state index in [9.17, 15) is 4.79 Å². The average Bonchev–Trinajstić information content (AvgIpc) is 2.55. The van der Waals surface area contributed by atoms with E-state index in [0.717, 1.165) is 11.3 Å². The van der Waals surface area contributed by atoms with Crippen molar-refractivity contribution >= 4 is 11.6 Å². The SMILES string of the molecule is CCOc1ccc(C(=O)Nc2cc(C(C)(C)C)ccc2OC)cc1. The van der Waals surface area contributed by atoms with Crippen LogP contribution in [0.25, 0.3) is 0 Å². The van der Waals surface area contributed by atoms with Crippen molar-refractivity contribution in [2.45, 2.75) is 33.1 Å². The van der Waals surface area contributed by atoms with E-state index in [0.29, 0.717) is 23.6 Å². The Morgan fingerprint density at radius 2 is 1.75 bits per heavy atom. The second-order valence-corrected chi connectivity index (χ2v) is 6.58. The Morgan fingerprint density at radius 3 is 2.29 bits per heavy atom. The van der Waals surface area contributed by atoms with Crippen molar-refractivity contribution in [3.8, 4) is 11.5 Å². The molecule has 0 fully saturated rings. The summed E-state index contributed by atoms with van der Waals surface area (Å²) in [4.78, 5) is 12.5. The average molecular weight is 327 g/mol. The monoisotopic (exact) mass is 327 g/mol. The predicted molar refractivity (Wildman–Crippen MR) is 97.3 cm³/mol. The number of methoxy groups -OCH3 is 1. The number of carbonyl (C=O) groups excluding carboxylic acids is 1. The minimum atomic E-state index is -0.178. The highest BCUT2D eigenvalue weighted by molar-refractivity contribution is 6.05. The molecule has 0 atom stereocenters. The van der Waals surface area contributed by atoms with Crippen LogP contribution in [0.4, 0.5) is 5.69 Å². The summed E-state index contributed by atoms with van der Waals surface area (Å²) >= 11 is 0. The molecule has 0 bridgehead atoms. The molecule has 0 heterocycles. The van der Waals surface area contributed by atoms with E-state index in [1.54, 1.807) is 31.4 Å². The van der Waals surface area contributed by atoms with Crippen molar-refractivity contribution in [2.75, 3.05) is 19.0 Å². The molecule has 1 N–H and O–H groups in total. The zero-order valence-corrected chi connectivity index (χ0v) is 15.0. The van der Waals surface area contributed by atoms with Crippen LogP contribution in [0.2, 0.25) is 0 Å². The molecule has 0 unspecified atom stereocenters. The van der Waals surface area contributed by atoms with Gasteiger partial charge in [-0.1, -0.05) is 26.8 Å². The van der Waals surface area contributed by atoms with Gasteiger partial charge in [0, 0.05) is 5.56 Å². The third kappa shape index (κ3) is 4.28. The van der Waals surface area contributed by atoms with Gasteiger partial charge in [0.15, 0.2) is 0 Å². The van der Waals surface area contributed by atoms with Crippen molar-refractivity contribution in [1.29, 1.82) is 0 Å². The van der Waals surface area contributed by atoms with Gasteiger partial charge < -0.3 is 14.8 Å². The summed E-state index contributed by atoms with van der Waals surface area (Å²) in [5.41, 5.74) is 2.36. The van der Waals surface area contributed by atoms with Gasteiger partial charge in [0.2, 0.25) is 0 Å². The number of rotatable bonds is 5. The van der Waals surface area contributed by atoms with Crippen LogP contribution in [-0.2, 0) is 5.41 Å². The van der Waals surface area contributed by atoms with E-state index in [2.05, 4.69) is 26.1 Å². The molecule has 0 spiro atoms. The Balaban J connectivity index is 2.24. The number of benzene rings is 2. The third-order valence-electron chi connectivity index (χ3n) is 3.74. The van der Waals surface area contributed by atoms with Gasteiger partial charge >= 0.3 is 0 Å². The van der Waals surface area contributed by atoms with Crippen LogP contribution in [0.1, 0.15) is 43.6 Å². The zero-order valence-electron chi connectivity index (χ0n) is 15.0. The first kappa shape index (κ1) is 17.9. The molecule has 0 aliphatic heterocycles. The normalized spacial score (nSPS) is 11.0. The van der Waals surface area contributed by atoms with Gasteiger partial charge in [-0.25, -0.2) is 0 Å². The smallest absolute Gasteiger partial charge is 0.255 e. The zero-order chi connectivity index (χ0) is 17.7. The molecule has 4 heteroatoms. The number of hydrogen-bond donors (Lipinski definition) is 1. The number of anilines is 1. The maximum Gasteiger partial charge on any atom is 0.255 e. The van der Waals surface area contributed by atoms with Crippen LogP contribution >= 0.6 is 0 Å². The van der Waals surface area contributed by atoms with Gasteiger partial charge in [-0.15, -0.1) is 0 Å². The molecule has 0 saturated carbocycles. The lowest BCUT2D eigenvalue weighted by molar-refractivity contribution is 0.102. The Morgan fingerprint density at radius 1 is 1.08 bits per heavy atom. The molecule has 0 aromatic heterocycles. The van der Waals surface area contributed by atoms with Crippen molar-refractivity contribution in [3.05, 3.63) is 53.6 Å². The van der Waals surface area contributed by atoms with Crippen LogP contribution in [0.3, 0.4) is 0 Å². The highest BCUT2D eigenvalue weighted by Gasteiger charge is 2.17. The first-order valence-corrected chi connectivity index (χ1v) is 8.08. The summed E-state index contributed by atoms with van der Waals surface area (Å²) in [5.74, 6) is 1.21. The standard InChI is InChI=1S/C20H25NO3/c1-6-24-16-10-7-14(8-11-16)19(22)21-17-13-15(20(2,3)4)9-12-18(17)23-5/h7-13H,6H2,1-5H3,(H,21,22). The highest BCUT2D eigenvalue weighted by atomic mass is 16.5. The quantitative estimate of drug-likeness (QED) is 0.870. The fourth-order valence-electron chi connectivity index (χ4n) is 2.34. The summed E-state index contributed by atoms with van der Waals surface area (Å²) in [6, 6.07) is 13.0. The molecule has 0 radical (unpaired) electrons. The van der Waals surface area contributed by atoms with E-state index < -0.39 is 0 Å². The van der Waals surface area contributed by atoms with Crippen molar-refractivity contribution in [2.24, 2.45) is 0 Å². The minimum absolute atomic E-state index is 0.00904. The second kappa shape index (κ2) is 7.39. The molecule has 2 aromatic rings. The largest absolute Gasteiger partial charge is 0.495 e. The molecule has 1 amide bonds. The Hall–Kier alpha value is -2.49. The Labute approximate surface area is 143 Å². The molecule has 0 aliphatic carbocycles. The van der Waals surface area contributed by atoms with E-state index in [-0.39, 0.29) is 11.3 Å². The van der Waals surface area contributed by atoms with Crippen LogP contribution in [0.5, 0.6) is 11.5 Å². The maximum absolute atomic E-state index is 12.5. The molecular weight excluding hydrogens is 302 g/mol. The molecule has 2 rings (SSSR count). The van der Waals surface area contributed by atoms with Gasteiger partial charge in [0.1, 0.15) is 11.5 Å². The fourth-order valence-corrected chi connectivity index (χ4v) is 2.34. The molecule has 2 aromatic carbocycles. The maximum atomic E-state index is 12.5. The van der Waals surface area contributed by atoms with Gasteiger partial charge in [0.05, 0.1) is 19.4 Å². The number of ether oxygens (including phenoxy) is 2. The van der Waals surface area contributed by atoms with Crippen LogP contribution in [0.15, 0.2) is 42.5 Å². The predicted octanol–water partition coefficient (Wildman–Crippen LogP) is 4.64. The lowest BCUT2D eigenvalue weighted by Crippen LogP contribution is -2.15. The summed E-state index contributed by atoms with van der Waals surface area (Å²) in [6.45, 7) is 8.92. The first-order valence-electron chi connectivity index (χ1n) is 8.08. The fraction of sp³-hybridized carbons (Fsp3) is 0.350. The number of amides is 1. The Kier molecular flexibility index (Phi) is 5.50. The van der Waals surface area contributed by atoms with E-state index in [1.165, 1.54) is 0 Å². The van der Waals surface area contributed by atoms with Gasteiger partial charge in [-0.2, -0.15) is 0 Å². The van der Waals surface area contributed by atoms with E-state index >= 15 is 0 Å².